The molecule has 1 aromatic carbocycles. The number of nitrogens with zero attached hydrogens (tertiary/aromatic N) is 1. The van der Waals surface area contributed by atoms with Gasteiger partial charge in [0.05, 0.1) is 6.61 Å². The minimum absolute atomic E-state index is 0.0199. The highest BCUT2D eigenvalue weighted by Crippen LogP contribution is 2.27. The molecule has 0 aliphatic heterocycles. The summed E-state index contributed by atoms with van der Waals surface area (Å²) in [5, 5.41) is 16.0. The molecule has 0 aliphatic carbocycles. The van der Waals surface area contributed by atoms with Gasteiger partial charge in [-0.1, -0.05) is 13.8 Å². The molecular weight excluding hydrogens is 268 g/mol. The van der Waals surface area contributed by atoms with Crippen molar-refractivity contribution < 1.29 is 5.11 Å². The molecular formula is C16H22N2OS. The van der Waals surface area contributed by atoms with Crippen LogP contribution in [0.15, 0.2) is 35.8 Å². The number of rotatable bonds is 7. The van der Waals surface area contributed by atoms with E-state index < -0.39 is 0 Å². The lowest BCUT2D eigenvalue weighted by molar-refractivity contribution is 0.127. The molecule has 1 aromatic heterocycles. The molecule has 0 saturated heterocycles. The van der Waals surface area contributed by atoms with Crippen LogP contribution in [0.25, 0.3) is 10.6 Å². The number of aromatic nitrogens is 1. The van der Waals surface area contributed by atoms with Crippen molar-refractivity contribution in [3.8, 4) is 10.6 Å². The summed E-state index contributed by atoms with van der Waals surface area (Å²) < 4.78 is 0. The smallest absolute Gasteiger partial charge is 0.123 e. The fraction of sp³-hybridized carbons (Fsp3) is 0.438. The van der Waals surface area contributed by atoms with E-state index in [0.717, 1.165) is 35.6 Å². The highest BCUT2D eigenvalue weighted by molar-refractivity contribution is 7.13. The molecule has 20 heavy (non-hydrogen) atoms. The monoisotopic (exact) mass is 290 g/mol. The first-order valence-corrected chi connectivity index (χ1v) is 7.95. The Kier molecular flexibility index (Phi) is 5.15. The average Bonchev–Trinajstić information content (AvgIpc) is 3.04. The van der Waals surface area contributed by atoms with Crippen LogP contribution in [-0.4, -0.2) is 23.2 Å². The van der Waals surface area contributed by atoms with Gasteiger partial charge in [0.1, 0.15) is 5.01 Å². The van der Waals surface area contributed by atoms with Crippen LogP contribution in [0.3, 0.4) is 0 Å². The number of thiazole rings is 1. The van der Waals surface area contributed by atoms with Crippen molar-refractivity contribution in [2.24, 2.45) is 5.41 Å². The molecule has 0 saturated carbocycles. The fourth-order valence-electron chi connectivity index (χ4n) is 2.17. The van der Waals surface area contributed by atoms with Gasteiger partial charge < -0.3 is 10.4 Å². The Balaban J connectivity index is 2.01. The van der Waals surface area contributed by atoms with Crippen molar-refractivity contribution in [2.45, 2.75) is 26.7 Å². The van der Waals surface area contributed by atoms with Crippen LogP contribution in [-0.2, 0) is 0 Å². The van der Waals surface area contributed by atoms with Gasteiger partial charge in [-0.3, -0.25) is 0 Å². The van der Waals surface area contributed by atoms with Gasteiger partial charge in [-0.15, -0.1) is 11.3 Å². The largest absolute Gasteiger partial charge is 0.396 e. The number of aliphatic hydroxyl groups excluding tert-OH is 1. The second kappa shape index (κ2) is 6.86. The van der Waals surface area contributed by atoms with Gasteiger partial charge in [0.15, 0.2) is 0 Å². The molecule has 3 nitrogen and oxygen atoms in total. The Morgan fingerprint density at radius 2 is 1.90 bits per heavy atom. The maximum absolute atomic E-state index is 9.58. The standard InChI is InChI=1S/C16H22N2OS/c1-3-16(4-2,12-19)11-18-14-7-5-13(6-8-14)15-17-9-10-20-15/h5-10,18-19H,3-4,11-12H2,1-2H3. The lowest BCUT2D eigenvalue weighted by Gasteiger charge is -2.30. The first-order valence-electron chi connectivity index (χ1n) is 7.07. The minimum Gasteiger partial charge on any atom is -0.396 e. The summed E-state index contributed by atoms with van der Waals surface area (Å²) >= 11 is 1.65. The number of hydrogen-bond acceptors (Lipinski definition) is 4. The third kappa shape index (κ3) is 3.38. The zero-order valence-electron chi connectivity index (χ0n) is 12.1. The third-order valence-corrected chi connectivity index (χ3v) is 4.89. The number of benzene rings is 1. The maximum atomic E-state index is 9.58. The molecule has 0 bridgehead atoms. The van der Waals surface area contributed by atoms with Gasteiger partial charge in [0.2, 0.25) is 0 Å². The van der Waals surface area contributed by atoms with Gasteiger partial charge in [0, 0.05) is 34.8 Å². The minimum atomic E-state index is -0.0199. The molecule has 4 heteroatoms. The SMILES string of the molecule is CCC(CC)(CO)CNc1ccc(-c2nccs2)cc1. The predicted molar refractivity (Wildman–Crippen MR) is 86.1 cm³/mol. The van der Waals surface area contributed by atoms with E-state index in [9.17, 15) is 5.11 Å². The normalized spacial score (nSPS) is 11.6. The summed E-state index contributed by atoms with van der Waals surface area (Å²) in [6.07, 6.45) is 3.78. The second-order valence-electron chi connectivity index (χ2n) is 5.13. The Morgan fingerprint density at radius 1 is 1.20 bits per heavy atom. The van der Waals surface area contributed by atoms with Crippen LogP contribution in [0.4, 0.5) is 5.69 Å². The van der Waals surface area contributed by atoms with E-state index in [-0.39, 0.29) is 12.0 Å². The number of hydrogen-bond donors (Lipinski definition) is 2. The first kappa shape index (κ1) is 15.0. The zero-order chi connectivity index (χ0) is 14.4. The lowest BCUT2D eigenvalue weighted by Crippen LogP contribution is -2.32. The first-order chi connectivity index (χ1) is 9.73. The highest BCUT2D eigenvalue weighted by Gasteiger charge is 2.24. The third-order valence-electron chi connectivity index (χ3n) is 4.07. The molecule has 1 heterocycles. The Hall–Kier alpha value is -1.39. The number of nitrogens with one attached hydrogen (secondary N) is 1. The summed E-state index contributed by atoms with van der Waals surface area (Å²) in [4.78, 5) is 4.31. The van der Waals surface area contributed by atoms with E-state index in [2.05, 4.69) is 48.4 Å². The van der Waals surface area contributed by atoms with Crippen molar-refractivity contribution in [3.63, 3.8) is 0 Å². The molecule has 0 aliphatic rings. The summed E-state index contributed by atoms with van der Waals surface area (Å²) in [5.41, 5.74) is 2.21. The van der Waals surface area contributed by atoms with Crippen LogP contribution in [0.5, 0.6) is 0 Å². The van der Waals surface area contributed by atoms with Crippen LogP contribution in [0.1, 0.15) is 26.7 Å². The van der Waals surface area contributed by atoms with E-state index in [4.69, 9.17) is 0 Å². The summed E-state index contributed by atoms with van der Waals surface area (Å²) in [5.74, 6) is 0. The Labute approximate surface area is 124 Å². The molecule has 2 N–H and O–H groups in total. The fourth-order valence-corrected chi connectivity index (χ4v) is 2.81. The quantitative estimate of drug-likeness (QED) is 0.809. The molecule has 2 aromatic rings. The molecule has 0 radical (unpaired) electrons. The lowest BCUT2D eigenvalue weighted by atomic mass is 9.83. The molecule has 0 amide bonds. The molecule has 0 spiro atoms. The van der Waals surface area contributed by atoms with Crippen LogP contribution in [0, 0.1) is 5.41 Å². The number of anilines is 1. The van der Waals surface area contributed by atoms with Gasteiger partial charge in [-0.2, -0.15) is 0 Å². The van der Waals surface area contributed by atoms with E-state index in [1.165, 1.54) is 0 Å². The van der Waals surface area contributed by atoms with Gasteiger partial charge in [-0.25, -0.2) is 4.98 Å². The highest BCUT2D eigenvalue weighted by atomic mass is 32.1. The van der Waals surface area contributed by atoms with Crippen molar-refractivity contribution in [1.29, 1.82) is 0 Å². The Bertz CT molecular complexity index is 496. The average molecular weight is 290 g/mol. The molecule has 0 fully saturated rings. The van der Waals surface area contributed by atoms with Gasteiger partial charge >= 0.3 is 0 Å². The van der Waals surface area contributed by atoms with Crippen LogP contribution >= 0.6 is 11.3 Å². The van der Waals surface area contributed by atoms with Crippen molar-refractivity contribution in [1.82, 2.24) is 4.98 Å². The van der Waals surface area contributed by atoms with Crippen LogP contribution < -0.4 is 5.32 Å². The zero-order valence-corrected chi connectivity index (χ0v) is 12.9. The van der Waals surface area contributed by atoms with Gasteiger partial charge in [-0.05, 0) is 37.1 Å². The van der Waals surface area contributed by atoms with Crippen molar-refractivity contribution >= 4 is 17.0 Å². The van der Waals surface area contributed by atoms with E-state index in [0.29, 0.717) is 0 Å². The topological polar surface area (TPSA) is 45.1 Å². The predicted octanol–water partition coefficient (Wildman–Crippen LogP) is 4.02. The molecule has 108 valence electrons. The summed E-state index contributed by atoms with van der Waals surface area (Å²) in [6.45, 7) is 5.29. The second-order valence-corrected chi connectivity index (χ2v) is 6.03. The summed E-state index contributed by atoms with van der Waals surface area (Å²) in [7, 11) is 0. The number of aliphatic hydroxyl groups is 1. The summed E-state index contributed by atoms with van der Waals surface area (Å²) in [6, 6.07) is 8.31. The van der Waals surface area contributed by atoms with Crippen LogP contribution in [0.2, 0.25) is 0 Å². The van der Waals surface area contributed by atoms with Crippen molar-refractivity contribution in [3.05, 3.63) is 35.8 Å². The van der Waals surface area contributed by atoms with Gasteiger partial charge in [0.25, 0.3) is 0 Å². The maximum Gasteiger partial charge on any atom is 0.123 e. The molecule has 0 atom stereocenters. The van der Waals surface area contributed by atoms with E-state index >= 15 is 0 Å². The molecule has 2 rings (SSSR count). The van der Waals surface area contributed by atoms with Crippen molar-refractivity contribution in [2.75, 3.05) is 18.5 Å². The Morgan fingerprint density at radius 3 is 2.40 bits per heavy atom. The van der Waals surface area contributed by atoms with E-state index in [1.54, 1.807) is 11.3 Å². The van der Waals surface area contributed by atoms with E-state index in [1.807, 2.05) is 11.6 Å². The molecule has 0 unspecified atom stereocenters.